The summed E-state index contributed by atoms with van der Waals surface area (Å²) in [7, 11) is 4.19. The summed E-state index contributed by atoms with van der Waals surface area (Å²) in [6.45, 7) is 8.63. The van der Waals surface area contributed by atoms with Crippen molar-refractivity contribution in [2.24, 2.45) is 5.41 Å². The van der Waals surface area contributed by atoms with Crippen LogP contribution in [0.25, 0.3) is 11.1 Å². The molecule has 2 aromatic rings. The standard InChI is InChI=1S/C23H30N2O2S/c1-23(2)13-18-20(17-7-5-6-16(12-17)15-24(3)4)22(25-8-10-27-11-9-25)28-21(18)19(26)14-23/h5-7,12H,8-11,13-15H2,1-4H3. The summed E-state index contributed by atoms with van der Waals surface area (Å²) in [4.78, 5) is 18.5. The Kier molecular flexibility index (Phi) is 5.34. The molecule has 1 aliphatic carbocycles. The average Bonchev–Trinajstić information content (AvgIpc) is 3.00. The highest BCUT2D eigenvalue weighted by Crippen LogP contribution is 2.49. The maximum absolute atomic E-state index is 13.0. The monoisotopic (exact) mass is 398 g/mol. The van der Waals surface area contributed by atoms with Crippen LogP contribution in [0.2, 0.25) is 0 Å². The van der Waals surface area contributed by atoms with Gasteiger partial charge in [0.1, 0.15) is 0 Å². The van der Waals surface area contributed by atoms with Crippen molar-refractivity contribution in [3.05, 3.63) is 40.3 Å². The van der Waals surface area contributed by atoms with Gasteiger partial charge in [-0.05, 0) is 48.7 Å². The highest BCUT2D eigenvalue weighted by Gasteiger charge is 2.37. The summed E-state index contributed by atoms with van der Waals surface area (Å²) < 4.78 is 5.58. The van der Waals surface area contributed by atoms with Gasteiger partial charge in [-0.1, -0.05) is 32.0 Å². The molecule has 0 bridgehead atoms. The number of rotatable bonds is 4. The van der Waals surface area contributed by atoms with Crippen molar-refractivity contribution in [3.63, 3.8) is 0 Å². The number of benzene rings is 1. The predicted octanol–water partition coefficient (Wildman–Crippen LogP) is 4.47. The molecule has 1 aromatic carbocycles. The topological polar surface area (TPSA) is 32.8 Å². The quantitative estimate of drug-likeness (QED) is 0.761. The molecule has 150 valence electrons. The number of morpholine rings is 1. The minimum absolute atomic E-state index is 0.0173. The number of anilines is 1. The van der Waals surface area contributed by atoms with E-state index in [4.69, 9.17) is 4.74 Å². The summed E-state index contributed by atoms with van der Waals surface area (Å²) in [6, 6.07) is 8.85. The van der Waals surface area contributed by atoms with Gasteiger partial charge in [0.2, 0.25) is 0 Å². The molecule has 0 atom stereocenters. The molecule has 0 radical (unpaired) electrons. The van der Waals surface area contributed by atoms with E-state index in [1.54, 1.807) is 11.3 Å². The van der Waals surface area contributed by atoms with Gasteiger partial charge in [-0.15, -0.1) is 11.3 Å². The van der Waals surface area contributed by atoms with Gasteiger partial charge in [-0.25, -0.2) is 0 Å². The molecule has 2 aliphatic rings. The minimum Gasteiger partial charge on any atom is -0.378 e. The number of fused-ring (bicyclic) bond motifs is 1. The summed E-state index contributed by atoms with van der Waals surface area (Å²) >= 11 is 1.70. The summed E-state index contributed by atoms with van der Waals surface area (Å²) in [5.41, 5.74) is 5.10. The maximum atomic E-state index is 13.0. The number of ether oxygens (including phenoxy) is 1. The van der Waals surface area contributed by atoms with Crippen LogP contribution >= 0.6 is 11.3 Å². The molecule has 0 spiro atoms. The zero-order chi connectivity index (χ0) is 19.9. The Morgan fingerprint density at radius 2 is 1.93 bits per heavy atom. The molecular formula is C23H30N2O2S. The Bertz CT molecular complexity index is 879. The molecule has 28 heavy (non-hydrogen) atoms. The Labute approximate surface area is 172 Å². The van der Waals surface area contributed by atoms with Crippen LogP contribution in [0.1, 0.15) is 41.1 Å². The molecule has 5 heteroatoms. The van der Waals surface area contributed by atoms with Crippen LogP contribution in [0.5, 0.6) is 0 Å². The largest absolute Gasteiger partial charge is 0.378 e. The molecule has 1 aliphatic heterocycles. The van der Waals surface area contributed by atoms with Gasteiger partial charge in [0.25, 0.3) is 0 Å². The first-order valence-electron chi connectivity index (χ1n) is 10.1. The van der Waals surface area contributed by atoms with Crippen LogP contribution in [0, 0.1) is 5.41 Å². The third-order valence-corrected chi connectivity index (χ3v) is 6.88. The number of nitrogens with zero attached hydrogens (tertiary/aromatic N) is 2. The Morgan fingerprint density at radius 3 is 2.64 bits per heavy atom. The Balaban J connectivity index is 1.86. The molecule has 0 amide bonds. The van der Waals surface area contributed by atoms with Crippen LogP contribution in [0.4, 0.5) is 5.00 Å². The van der Waals surface area contributed by atoms with Crippen molar-refractivity contribution in [1.29, 1.82) is 0 Å². The molecule has 1 saturated heterocycles. The van der Waals surface area contributed by atoms with Crippen LogP contribution < -0.4 is 4.90 Å². The lowest BCUT2D eigenvalue weighted by Gasteiger charge is -2.30. The zero-order valence-electron chi connectivity index (χ0n) is 17.4. The van der Waals surface area contributed by atoms with Gasteiger partial charge in [0.15, 0.2) is 5.78 Å². The van der Waals surface area contributed by atoms with E-state index in [0.717, 1.165) is 44.1 Å². The Morgan fingerprint density at radius 1 is 1.18 bits per heavy atom. The molecule has 4 nitrogen and oxygen atoms in total. The lowest BCUT2D eigenvalue weighted by Crippen LogP contribution is -2.36. The van der Waals surface area contributed by atoms with Crippen molar-refractivity contribution in [3.8, 4) is 11.1 Å². The van der Waals surface area contributed by atoms with E-state index in [9.17, 15) is 4.79 Å². The Hall–Kier alpha value is -1.69. The SMILES string of the molecule is CN(C)Cc1cccc(-c2c(N3CCOCC3)sc3c2CC(C)(C)CC3=O)c1. The molecular weight excluding hydrogens is 368 g/mol. The third kappa shape index (κ3) is 3.88. The normalized spacial score (nSPS) is 19.2. The van der Waals surface area contributed by atoms with Crippen LogP contribution in [-0.4, -0.2) is 51.1 Å². The summed E-state index contributed by atoms with van der Waals surface area (Å²) in [5, 5.41) is 1.25. The van der Waals surface area contributed by atoms with E-state index in [1.807, 2.05) is 0 Å². The van der Waals surface area contributed by atoms with Crippen molar-refractivity contribution in [1.82, 2.24) is 4.90 Å². The fourth-order valence-corrected chi connectivity index (χ4v) is 5.71. The van der Waals surface area contributed by atoms with E-state index >= 15 is 0 Å². The number of hydrogen-bond donors (Lipinski definition) is 0. The smallest absolute Gasteiger partial charge is 0.173 e. The zero-order valence-corrected chi connectivity index (χ0v) is 18.2. The molecule has 1 aromatic heterocycles. The highest BCUT2D eigenvalue weighted by molar-refractivity contribution is 7.19. The van der Waals surface area contributed by atoms with Gasteiger partial charge in [0.05, 0.1) is 23.1 Å². The van der Waals surface area contributed by atoms with Crippen LogP contribution in [0.3, 0.4) is 0 Å². The van der Waals surface area contributed by atoms with E-state index in [2.05, 4.69) is 62.0 Å². The van der Waals surface area contributed by atoms with E-state index < -0.39 is 0 Å². The van der Waals surface area contributed by atoms with Crippen molar-refractivity contribution >= 4 is 22.1 Å². The second-order valence-corrected chi connectivity index (χ2v) is 10.1. The fourth-order valence-electron chi connectivity index (χ4n) is 4.38. The molecule has 1 fully saturated rings. The molecule has 0 N–H and O–H groups in total. The first kappa shape index (κ1) is 19.6. The summed E-state index contributed by atoms with van der Waals surface area (Å²) in [5.74, 6) is 0.307. The van der Waals surface area contributed by atoms with E-state index in [1.165, 1.54) is 27.3 Å². The molecule has 2 heterocycles. The van der Waals surface area contributed by atoms with E-state index in [-0.39, 0.29) is 5.41 Å². The van der Waals surface area contributed by atoms with E-state index in [0.29, 0.717) is 12.2 Å². The molecule has 0 saturated carbocycles. The molecule has 4 rings (SSSR count). The van der Waals surface area contributed by atoms with Gasteiger partial charge in [-0.2, -0.15) is 0 Å². The van der Waals surface area contributed by atoms with Crippen molar-refractivity contribution < 1.29 is 9.53 Å². The van der Waals surface area contributed by atoms with Gasteiger partial charge >= 0.3 is 0 Å². The fraction of sp³-hybridized carbons (Fsp3) is 0.522. The number of Topliss-reactive ketones (excluding diaryl/α,β-unsaturated/α-hetero) is 1. The van der Waals surface area contributed by atoms with Gasteiger partial charge in [-0.3, -0.25) is 4.79 Å². The minimum atomic E-state index is 0.0173. The van der Waals surface area contributed by atoms with Crippen LogP contribution in [0.15, 0.2) is 24.3 Å². The van der Waals surface area contributed by atoms with Crippen LogP contribution in [-0.2, 0) is 17.7 Å². The van der Waals surface area contributed by atoms with Crippen molar-refractivity contribution in [2.45, 2.75) is 33.2 Å². The maximum Gasteiger partial charge on any atom is 0.173 e. The second kappa shape index (κ2) is 7.62. The number of ketones is 1. The second-order valence-electron chi connectivity index (χ2n) is 9.07. The number of hydrogen-bond acceptors (Lipinski definition) is 5. The van der Waals surface area contributed by atoms with Gasteiger partial charge < -0.3 is 14.5 Å². The first-order valence-corrected chi connectivity index (χ1v) is 10.9. The lowest BCUT2D eigenvalue weighted by molar-refractivity contribution is 0.0918. The summed E-state index contributed by atoms with van der Waals surface area (Å²) in [6.07, 6.45) is 1.60. The predicted molar refractivity (Wildman–Crippen MR) is 117 cm³/mol. The third-order valence-electron chi connectivity index (χ3n) is 5.55. The van der Waals surface area contributed by atoms with Crippen molar-refractivity contribution in [2.75, 3.05) is 45.3 Å². The number of carbonyl (C=O) groups is 1. The first-order chi connectivity index (χ1) is 13.3. The number of carbonyl (C=O) groups excluding carboxylic acids is 1. The lowest BCUT2D eigenvalue weighted by atomic mass is 9.75. The average molecular weight is 399 g/mol. The molecule has 0 unspecified atom stereocenters. The highest BCUT2D eigenvalue weighted by atomic mass is 32.1. The van der Waals surface area contributed by atoms with Gasteiger partial charge in [0, 0.05) is 31.6 Å². The number of thiophene rings is 1.